The fourth-order valence-corrected chi connectivity index (χ4v) is 3.41. The summed E-state index contributed by atoms with van der Waals surface area (Å²) >= 11 is 13.6. The minimum absolute atomic E-state index is 0.620. The van der Waals surface area contributed by atoms with Gasteiger partial charge in [0.1, 0.15) is 0 Å². The second-order valence-electron chi connectivity index (χ2n) is 4.89. The van der Waals surface area contributed by atoms with E-state index in [9.17, 15) is 0 Å². The van der Waals surface area contributed by atoms with Gasteiger partial charge in [0, 0.05) is 28.2 Å². The lowest BCUT2D eigenvalue weighted by Gasteiger charge is -2.05. The summed E-state index contributed by atoms with van der Waals surface area (Å²) in [5.74, 6) is 1.36. The average molecular weight is 378 g/mol. The van der Waals surface area contributed by atoms with E-state index in [-0.39, 0.29) is 0 Å². The molecule has 0 atom stereocenters. The summed E-state index contributed by atoms with van der Waals surface area (Å²) in [4.78, 5) is 3.98. The normalized spacial score (nSPS) is 11.3. The highest BCUT2D eigenvalue weighted by Gasteiger charge is 2.10. The highest BCUT2D eigenvalue weighted by Crippen LogP contribution is 2.28. The van der Waals surface area contributed by atoms with Crippen LogP contribution in [-0.4, -0.2) is 26.1 Å². The van der Waals surface area contributed by atoms with Crippen molar-refractivity contribution in [3.63, 3.8) is 0 Å². The Kier molecular flexibility index (Phi) is 5.50. The summed E-state index contributed by atoms with van der Waals surface area (Å²) < 4.78 is 1.70. The van der Waals surface area contributed by atoms with Crippen LogP contribution in [0.1, 0.15) is 17.0 Å². The van der Waals surface area contributed by atoms with Gasteiger partial charge in [-0.25, -0.2) is 0 Å². The second-order valence-corrected chi connectivity index (χ2v) is 6.68. The summed E-state index contributed by atoms with van der Waals surface area (Å²) in [6, 6.07) is 9.22. The predicted molar refractivity (Wildman–Crippen MR) is 98.0 cm³/mol. The van der Waals surface area contributed by atoms with Crippen molar-refractivity contribution in [2.45, 2.75) is 17.8 Å². The lowest BCUT2D eigenvalue weighted by atomic mass is 10.2. The Morgan fingerprint density at radius 2 is 1.96 bits per heavy atom. The van der Waals surface area contributed by atoms with Crippen molar-refractivity contribution in [2.75, 3.05) is 0 Å². The zero-order valence-electron chi connectivity index (χ0n) is 12.7. The van der Waals surface area contributed by atoms with Crippen LogP contribution >= 0.6 is 35.0 Å². The van der Waals surface area contributed by atoms with E-state index in [4.69, 9.17) is 23.2 Å². The van der Waals surface area contributed by atoms with Crippen molar-refractivity contribution < 1.29 is 0 Å². The molecule has 2 heterocycles. The van der Waals surface area contributed by atoms with Crippen molar-refractivity contribution >= 4 is 41.2 Å². The first-order valence-electron chi connectivity index (χ1n) is 7.06. The topological polar surface area (TPSA) is 56.0 Å². The fraction of sp³-hybridized carbons (Fsp3) is 0.125. The van der Waals surface area contributed by atoms with Gasteiger partial charge in [0.05, 0.1) is 6.21 Å². The van der Waals surface area contributed by atoms with Crippen LogP contribution in [0, 0.1) is 6.92 Å². The summed E-state index contributed by atoms with van der Waals surface area (Å²) in [6.45, 7) is 1.86. The van der Waals surface area contributed by atoms with Gasteiger partial charge in [-0.3, -0.25) is 4.98 Å². The molecule has 0 fully saturated rings. The molecule has 0 aliphatic carbocycles. The molecule has 0 saturated carbocycles. The Labute approximate surface area is 153 Å². The van der Waals surface area contributed by atoms with E-state index in [0.717, 1.165) is 11.1 Å². The van der Waals surface area contributed by atoms with Crippen LogP contribution in [0.3, 0.4) is 0 Å². The van der Waals surface area contributed by atoms with Crippen LogP contribution in [-0.2, 0) is 5.75 Å². The predicted octanol–water partition coefficient (Wildman–Crippen LogP) is 4.46. The first kappa shape index (κ1) is 17.0. The maximum Gasteiger partial charge on any atom is 0.212 e. The van der Waals surface area contributed by atoms with Gasteiger partial charge in [0.15, 0.2) is 5.82 Å². The number of benzene rings is 1. The van der Waals surface area contributed by atoms with Crippen molar-refractivity contribution in [1.82, 2.24) is 19.9 Å². The van der Waals surface area contributed by atoms with Crippen LogP contribution in [0.15, 0.2) is 53.0 Å². The van der Waals surface area contributed by atoms with E-state index >= 15 is 0 Å². The van der Waals surface area contributed by atoms with Gasteiger partial charge in [0.25, 0.3) is 0 Å². The molecule has 0 amide bonds. The van der Waals surface area contributed by atoms with Crippen LogP contribution in [0.2, 0.25) is 10.0 Å². The van der Waals surface area contributed by atoms with E-state index < -0.39 is 0 Å². The largest absolute Gasteiger partial charge is 0.265 e. The van der Waals surface area contributed by atoms with E-state index in [0.29, 0.717) is 26.8 Å². The first-order chi connectivity index (χ1) is 11.6. The zero-order valence-corrected chi connectivity index (χ0v) is 15.1. The monoisotopic (exact) mass is 377 g/mol. The first-order valence-corrected chi connectivity index (χ1v) is 8.81. The number of nitrogens with zero attached hydrogens (tertiary/aromatic N) is 5. The van der Waals surface area contributed by atoms with E-state index in [1.165, 1.54) is 11.8 Å². The molecule has 3 aromatic rings. The van der Waals surface area contributed by atoms with Gasteiger partial charge >= 0.3 is 0 Å². The third-order valence-electron chi connectivity index (χ3n) is 3.17. The smallest absolute Gasteiger partial charge is 0.212 e. The number of aryl methyl sites for hydroxylation is 1. The molecule has 0 aliphatic rings. The highest BCUT2D eigenvalue weighted by molar-refractivity contribution is 7.98. The summed E-state index contributed by atoms with van der Waals surface area (Å²) in [6.07, 6.45) is 5.19. The maximum absolute atomic E-state index is 6.21. The van der Waals surface area contributed by atoms with Gasteiger partial charge in [-0.2, -0.15) is 9.78 Å². The molecule has 3 rings (SSSR count). The van der Waals surface area contributed by atoms with E-state index in [2.05, 4.69) is 20.3 Å². The summed E-state index contributed by atoms with van der Waals surface area (Å²) in [5, 5.41) is 14.7. The zero-order chi connectivity index (χ0) is 16.9. The number of thioether (sulfide) groups is 1. The van der Waals surface area contributed by atoms with Gasteiger partial charge < -0.3 is 0 Å². The van der Waals surface area contributed by atoms with Gasteiger partial charge in [-0.15, -0.1) is 10.2 Å². The number of pyridine rings is 1. The van der Waals surface area contributed by atoms with Gasteiger partial charge in [-0.1, -0.05) is 41.0 Å². The molecule has 2 aromatic heterocycles. The molecule has 8 heteroatoms. The molecule has 0 saturated heterocycles. The Hall–Kier alpha value is -1.89. The van der Waals surface area contributed by atoms with Crippen molar-refractivity contribution in [3.8, 4) is 0 Å². The molecular formula is C16H13Cl2N5S. The maximum atomic E-state index is 6.21. The average Bonchev–Trinajstić information content (AvgIpc) is 2.93. The molecule has 0 unspecified atom stereocenters. The molecule has 0 spiro atoms. The third kappa shape index (κ3) is 4.14. The molecular weight excluding hydrogens is 365 g/mol. The van der Waals surface area contributed by atoms with Crippen LogP contribution in [0.5, 0.6) is 0 Å². The SMILES string of the molecule is Cc1nnc(SCc2ccc(Cl)cc2Cl)n1/N=C/c1ccncc1. The van der Waals surface area contributed by atoms with Crippen LogP contribution in [0.25, 0.3) is 0 Å². The molecule has 122 valence electrons. The Morgan fingerprint density at radius 1 is 1.17 bits per heavy atom. The molecule has 0 bridgehead atoms. The molecule has 5 nitrogen and oxygen atoms in total. The molecule has 0 radical (unpaired) electrons. The number of rotatable bonds is 5. The van der Waals surface area contributed by atoms with Crippen molar-refractivity contribution in [3.05, 3.63) is 69.7 Å². The molecule has 0 N–H and O–H groups in total. The van der Waals surface area contributed by atoms with Gasteiger partial charge in [0.2, 0.25) is 5.16 Å². The molecule has 24 heavy (non-hydrogen) atoms. The number of hydrogen-bond acceptors (Lipinski definition) is 5. The van der Waals surface area contributed by atoms with Gasteiger partial charge in [-0.05, 0) is 42.3 Å². The Balaban J connectivity index is 1.76. The highest BCUT2D eigenvalue weighted by atomic mass is 35.5. The third-order valence-corrected chi connectivity index (χ3v) is 4.72. The van der Waals surface area contributed by atoms with Crippen LogP contribution < -0.4 is 0 Å². The van der Waals surface area contributed by atoms with E-state index in [1.807, 2.05) is 31.2 Å². The summed E-state index contributed by atoms with van der Waals surface area (Å²) in [5.41, 5.74) is 1.94. The number of halogens is 2. The fourth-order valence-electron chi connectivity index (χ4n) is 1.92. The number of aromatic nitrogens is 4. The van der Waals surface area contributed by atoms with Crippen LogP contribution in [0.4, 0.5) is 0 Å². The Bertz CT molecular complexity index is 864. The minimum Gasteiger partial charge on any atom is -0.265 e. The lowest BCUT2D eigenvalue weighted by molar-refractivity contribution is 0.744. The lowest BCUT2D eigenvalue weighted by Crippen LogP contribution is -1.96. The second kappa shape index (κ2) is 7.79. The molecule has 1 aromatic carbocycles. The van der Waals surface area contributed by atoms with Crippen molar-refractivity contribution in [1.29, 1.82) is 0 Å². The standard InChI is InChI=1S/C16H13Cl2N5S/c1-11-21-22-16(23(11)20-9-12-4-6-19-7-5-12)24-10-13-2-3-14(17)8-15(13)18/h2-9H,10H2,1H3/b20-9+. The Morgan fingerprint density at radius 3 is 2.71 bits per heavy atom. The minimum atomic E-state index is 0.620. The molecule has 0 aliphatic heterocycles. The van der Waals surface area contributed by atoms with Crippen molar-refractivity contribution in [2.24, 2.45) is 5.10 Å². The van der Waals surface area contributed by atoms with E-state index in [1.54, 1.807) is 29.4 Å². The number of hydrogen-bond donors (Lipinski definition) is 0. The quantitative estimate of drug-likeness (QED) is 0.486. The summed E-state index contributed by atoms with van der Waals surface area (Å²) in [7, 11) is 0.